The topological polar surface area (TPSA) is 127 Å². The van der Waals surface area contributed by atoms with Crippen LogP contribution in [0.5, 0.6) is 5.75 Å². The maximum absolute atomic E-state index is 12.7. The van der Waals surface area contributed by atoms with E-state index < -0.39 is 33.6 Å². The summed E-state index contributed by atoms with van der Waals surface area (Å²) in [5, 5.41) is 13.3. The Morgan fingerprint density at radius 2 is 1.74 bits per heavy atom. The molecule has 1 atom stereocenters. The molecule has 34 heavy (non-hydrogen) atoms. The number of nitrogens with zero attached hydrogens (tertiary/aromatic N) is 1. The molecule has 1 amide bonds. The summed E-state index contributed by atoms with van der Waals surface area (Å²) in [6.07, 6.45) is 0.210. The summed E-state index contributed by atoms with van der Waals surface area (Å²) in [7, 11) is -2.07. The van der Waals surface area contributed by atoms with E-state index in [2.05, 4.69) is 4.74 Å². The first-order chi connectivity index (χ1) is 16.0. The van der Waals surface area contributed by atoms with Crippen molar-refractivity contribution in [1.82, 2.24) is 5.06 Å². The Kier molecular flexibility index (Phi) is 9.72. The Labute approximate surface area is 201 Å². The summed E-state index contributed by atoms with van der Waals surface area (Å²) < 4.78 is 35.6. The molecule has 0 aliphatic rings. The smallest absolute Gasteiger partial charge is 0.310 e. The van der Waals surface area contributed by atoms with Crippen LogP contribution >= 0.6 is 11.3 Å². The van der Waals surface area contributed by atoms with Crippen LogP contribution in [-0.4, -0.2) is 49.9 Å². The second-order valence-corrected chi connectivity index (χ2v) is 10.3. The predicted molar refractivity (Wildman–Crippen MR) is 127 cm³/mol. The molecule has 182 valence electrons. The van der Waals surface area contributed by atoms with Crippen LogP contribution in [0.3, 0.4) is 0 Å². The first-order valence-electron chi connectivity index (χ1n) is 9.96. The van der Waals surface area contributed by atoms with Crippen molar-refractivity contribution >= 4 is 49.6 Å². The number of amides is 1. The van der Waals surface area contributed by atoms with Crippen LogP contribution in [0, 0.1) is 0 Å². The van der Waals surface area contributed by atoms with Crippen LogP contribution in [0.4, 0.5) is 0 Å². The summed E-state index contributed by atoms with van der Waals surface area (Å²) >= 11 is 1.59. The van der Waals surface area contributed by atoms with Crippen molar-refractivity contribution in [2.75, 3.05) is 12.9 Å². The van der Waals surface area contributed by atoms with Crippen LogP contribution < -0.4 is 4.74 Å². The number of hydroxylamine groups is 2. The maximum atomic E-state index is 12.7. The second-order valence-electron chi connectivity index (χ2n) is 7.21. The second kappa shape index (κ2) is 12.3. The number of methoxy groups -OCH3 is 1. The van der Waals surface area contributed by atoms with Gasteiger partial charge in [-0.05, 0) is 52.2 Å². The molecule has 1 aromatic heterocycles. The number of benzene rings is 2. The van der Waals surface area contributed by atoms with E-state index in [0.717, 1.165) is 10.1 Å². The van der Waals surface area contributed by atoms with Gasteiger partial charge in [-0.3, -0.25) is 19.6 Å². The molecule has 0 aliphatic heterocycles. The number of sulfone groups is 1. The molecule has 0 aliphatic carbocycles. The Morgan fingerprint density at radius 1 is 1.09 bits per heavy atom. The molecule has 0 saturated carbocycles. The van der Waals surface area contributed by atoms with E-state index in [1.807, 2.05) is 23.6 Å². The number of thiophene rings is 1. The van der Waals surface area contributed by atoms with Crippen LogP contribution in [0.2, 0.25) is 0 Å². The zero-order valence-electron chi connectivity index (χ0n) is 18.8. The van der Waals surface area contributed by atoms with Gasteiger partial charge in [0.1, 0.15) is 5.75 Å². The van der Waals surface area contributed by atoms with Gasteiger partial charge in [-0.15, -0.1) is 11.3 Å². The van der Waals surface area contributed by atoms with E-state index in [-0.39, 0.29) is 12.2 Å². The third-order valence-corrected chi connectivity index (χ3v) is 7.03. The van der Waals surface area contributed by atoms with Gasteiger partial charge in [-0.2, -0.15) is 0 Å². The average Bonchev–Trinajstić information content (AvgIpc) is 3.24. The van der Waals surface area contributed by atoms with Gasteiger partial charge in [0.25, 0.3) is 0 Å². The summed E-state index contributed by atoms with van der Waals surface area (Å²) in [6.45, 7) is 2.36. The number of carbonyl (C=O) groups is 3. The summed E-state index contributed by atoms with van der Waals surface area (Å²) in [4.78, 5) is 30.7. The average molecular weight is 508 g/mol. The van der Waals surface area contributed by atoms with E-state index in [1.165, 1.54) is 21.0 Å². The van der Waals surface area contributed by atoms with E-state index in [1.54, 1.807) is 41.7 Å². The molecule has 11 heteroatoms. The van der Waals surface area contributed by atoms with Crippen molar-refractivity contribution < 1.29 is 37.5 Å². The van der Waals surface area contributed by atoms with Gasteiger partial charge in [0.05, 0.1) is 24.7 Å². The molecule has 3 rings (SSSR count). The predicted octanol–water partition coefficient (Wildman–Crippen LogP) is 3.51. The van der Waals surface area contributed by atoms with Gasteiger partial charge in [-0.1, -0.05) is 18.2 Å². The lowest BCUT2D eigenvalue weighted by molar-refractivity contribution is -0.159. The molecule has 0 spiro atoms. The Bertz CT molecular complexity index is 1220. The van der Waals surface area contributed by atoms with E-state index >= 15 is 0 Å². The summed E-state index contributed by atoms with van der Waals surface area (Å²) in [6, 6.07) is 13.0. The fraction of sp³-hybridized carbons (Fsp3) is 0.261. The van der Waals surface area contributed by atoms with Crippen LogP contribution in [0.15, 0.2) is 53.9 Å². The van der Waals surface area contributed by atoms with Gasteiger partial charge < -0.3 is 9.47 Å². The number of rotatable bonds is 8. The zero-order chi connectivity index (χ0) is 25.3. The zero-order valence-corrected chi connectivity index (χ0v) is 20.5. The Morgan fingerprint density at radius 3 is 2.26 bits per heavy atom. The molecule has 2 aromatic carbocycles. The molecular weight excluding hydrogens is 482 g/mol. The third kappa shape index (κ3) is 8.25. The normalized spacial score (nSPS) is 11.6. The first kappa shape index (κ1) is 27.0. The molecule has 0 saturated heterocycles. The molecule has 1 heterocycles. The molecule has 1 N–H and O–H groups in total. The Hall–Kier alpha value is -3.28. The molecule has 9 nitrogen and oxygen atoms in total. The van der Waals surface area contributed by atoms with Crippen molar-refractivity contribution in [2.24, 2.45) is 0 Å². The first-order valence-corrected chi connectivity index (χ1v) is 12.7. The lowest BCUT2D eigenvalue weighted by atomic mass is 10.1. The lowest BCUT2D eigenvalue weighted by Gasteiger charge is -2.23. The fourth-order valence-electron chi connectivity index (χ4n) is 3.09. The van der Waals surface area contributed by atoms with Crippen LogP contribution in [-0.2, 0) is 34.7 Å². The van der Waals surface area contributed by atoms with Crippen LogP contribution in [0.25, 0.3) is 10.1 Å². The molecule has 0 radical (unpaired) electrons. The lowest BCUT2D eigenvalue weighted by Crippen LogP contribution is -2.30. The molecule has 0 bridgehead atoms. The number of hydrogen-bond acceptors (Lipinski definition) is 9. The minimum absolute atomic E-state index is 0.169. The standard InChI is InChI=1S/C19H19NO5S2.C4H6O3/c1-25-17-5-3-15(4-6-17)18(20(22)13-21)12-27(23,24)11-14-2-7-19-16(10-14)8-9-26-19;1-3(5)7-4(2)6/h2-10,13,18,22H,11-12H2,1H3;1-2H3/t18-;/m1./s1. The van der Waals surface area contributed by atoms with E-state index in [9.17, 15) is 28.0 Å². The highest BCUT2D eigenvalue weighted by Gasteiger charge is 2.26. The van der Waals surface area contributed by atoms with Crippen LogP contribution in [0.1, 0.15) is 31.0 Å². The summed E-state index contributed by atoms with van der Waals surface area (Å²) in [5.41, 5.74) is 1.17. The van der Waals surface area contributed by atoms with Gasteiger partial charge >= 0.3 is 11.9 Å². The van der Waals surface area contributed by atoms with Crippen molar-refractivity contribution in [3.63, 3.8) is 0 Å². The number of carbonyl (C=O) groups excluding carboxylic acids is 3. The highest BCUT2D eigenvalue weighted by Crippen LogP contribution is 2.26. The minimum Gasteiger partial charge on any atom is -0.497 e. The molecular formula is C23H25NO8S2. The van der Waals surface area contributed by atoms with Crippen molar-refractivity contribution in [3.8, 4) is 5.75 Å². The van der Waals surface area contributed by atoms with E-state index in [0.29, 0.717) is 21.9 Å². The molecule has 3 aromatic rings. The number of ether oxygens (including phenoxy) is 2. The Balaban J connectivity index is 0.000000509. The fourth-order valence-corrected chi connectivity index (χ4v) is 5.49. The van der Waals surface area contributed by atoms with Crippen molar-refractivity contribution in [1.29, 1.82) is 0 Å². The van der Waals surface area contributed by atoms with E-state index in [4.69, 9.17) is 4.74 Å². The molecule has 0 unspecified atom stereocenters. The van der Waals surface area contributed by atoms with Gasteiger partial charge in [-0.25, -0.2) is 13.5 Å². The van der Waals surface area contributed by atoms with Gasteiger partial charge in [0.15, 0.2) is 9.84 Å². The van der Waals surface area contributed by atoms with Gasteiger partial charge in [0.2, 0.25) is 6.41 Å². The van der Waals surface area contributed by atoms with Crippen molar-refractivity contribution in [3.05, 3.63) is 65.0 Å². The number of esters is 2. The minimum atomic E-state index is -3.59. The highest BCUT2D eigenvalue weighted by molar-refractivity contribution is 7.90. The quantitative estimate of drug-likeness (QED) is 0.161. The van der Waals surface area contributed by atoms with Crippen molar-refractivity contribution in [2.45, 2.75) is 25.6 Å². The van der Waals surface area contributed by atoms with Gasteiger partial charge in [0, 0.05) is 18.5 Å². The largest absolute Gasteiger partial charge is 0.497 e. The molecule has 0 fully saturated rings. The maximum Gasteiger partial charge on any atom is 0.310 e. The third-order valence-electron chi connectivity index (χ3n) is 4.53. The highest BCUT2D eigenvalue weighted by atomic mass is 32.2. The summed E-state index contributed by atoms with van der Waals surface area (Å²) in [5.74, 6) is -1.09. The number of hydrogen-bond donors (Lipinski definition) is 1. The number of fused-ring (bicyclic) bond motifs is 1. The SMILES string of the molecule is CC(=O)OC(C)=O.COc1ccc([C@@H](CS(=O)(=O)Cc2ccc3sccc3c2)N(O)C=O)cc1. The monoisotopic (exact) mass is 507 g/mol.